The van der Waals surface area contributed by atoms with Crippen LogP contribution in [-0.2, 0) is 9.53 Å². The fourth-order valence-electron chi connectivity index (χ4n) is 2.43. The highest BCUT2D eigenvalue weighted by atomic mass is 16.5. The maximum atomic E-state index is 11.7. The molecular weight excluding hydrogens is 204 g/mol. The summed E-state index contributed by atoms with van der Waals surface area (Å²) >= 11 is 0. The van der Waals surface area contributed by atoms with E-state index in [1.165, 1.54) is 6.42 Å². The predicted octanol–water partition coefficient (Wildman–Crippen LogP) is 2.05. The highest BCUT2D eigenvalue weighted by Crippen LogP contribution is 2.25. The Labute approximate surface area is 97.2 Å². The molecule has 1 saturated carbocycles. The summed E-state index contributed by atoms with van der Waals surface area (Å²) in [5.41, 5.74) is 0. The molecule has 1 amide bonds. The summed E-state index contributed by atoms with van der Waals surface area (Å²) in [6.45, 7) is 1.55. The van der Waals surface area contributed by atoms with Gasteiger partial charge in [0.2, 0.25) is 5.91 Å². The van der Waals surface area contributed by atoms with Gasteiger partial charge in [-0.2, -0.15) is 5.26 Å². The molecule has 1 atom stereocenters. The fraction of sp³-hybridized carbons (Fsp3) is 0.833. The van der Waals surface area contributed by atoms with E-state index < -0.39 is 0 Å². The van der Waals surface area contributed by atoms with Crippen molar-refractivity contribution in [2.45, 2.75) is 57.7 Å². The number of methoxy groups -OCH3 is 1. The number of nitrogens with zero attached hydrogens (tertiary/aromatic N) is 2. The van der Waals surface area contributed by atoms with E-state index in [4.69, 9.17) is 10.00 Å². The van der Waals surface area contributed by atoms with Gasteiger partial charge in [0.25, 0.3) is 0 Å². The first-order chi connectivity index (χ1) is 7.70. The van der Waals surface area contributed by atoms with Gasteiger partial charge in [-0.25, -0.2) is 0 Å². The average molecular weight is 224 g/mol. The summed E-state index contributed by atoms with van der Waals surface area (Å²) in [6.07, 6.45) is 5.50. The maximum Gasteiger partial charge on any atom is 0.221 e. The summed E-state index contributed by atoms with van der Waals surface area (Å²) in [7, 11) is 1.56. The summed E-state index contributed by atoms with van der Waals surface area (Å²) in [5.74, 6) is 0.00833. The number of nitriles is 1. The molecule has 0 saturated heterocycles. The first-order valence-electron chi connectivity index (χ1n) is 5.89. The smallest absolute Gasteiger partial charge is 0.221 e. The molecule has 0 bridgehead atoms. The van der Waals surface area contributed by atoms with E-state index in [0.29, 0.717) is 0 Å². The number of hydrogen-bond acceptors (Lipinski definition) is 3. The van der Waals surface area contributed by atoms with E-state index >= 15 is 0 Å². The molecule has 4 heteroatoms. The van der Waals surface area contributed by atoms with Gasteiger partial charge in [0.15, 0.2) is 0 Å². The Morgan fingerprint density at radius 2 is 2.12 bits per heavy atom. The summed E-state index contributed by atoms with van der Waals surface area (Å²) in [5, 5.41) is 8.73. The number of rotatable bonds is 4. The zero-order valence-corrected chi connectivity index (χ0v) is 10.1. The number of amides is 1. The van der Waals surface area contributed by atoms with Crippen molar-refractivity contribution in [3.05, 3.63) is 0 Å². The topological polar surface area (TPSA) is 53.3 Å². The molecule has 1 aliphatic rings. The normalized spacial score (nSPS) is 18.8. The van der Waals surface area contributed by atoms with Crippen molar-refractivity contribution in [2.24, 2.45) is 0 Å². The number of carbonyl (C=O) groups excluding carboxylic acids is 1. The molecule has 0 aromatic carbocycles. The van der Waals surface area contributed by atoms with Crippen molar-refractivity contribution in [1.29, 1.82) is 5.26 Å². The molecule has 1 rings (SSSR count). The third-order valence-corrected chi connectivity index (χ3v) is 3.18. The number of hydrogen-bond donors (Lipinski definition) is 0. The van der Waals surface area contributed by atoms with Crippen molar-refractivity contribution in [2.75, 3.05) is 7.11 Å². The van der Waals surface area contributed by atoms with Crippen LogP contribution in [0.25, 0.3) is 0 Å². The van der Waals surface area contributed by atoms with E-state index in [2.05, 4.69) is 6.07 Å². The minimum Gasteiger partial charge on any atom is -0.360 e. The lowest BCUT2D eigenvalue weighted by molar-refractivity contribution is -0.147. The Bertz CT molecular complexity index is 267. The van der Waals surface area contributed by atoms with Gasteiger partial charge < -0.3 is 9.64 Å². The highest BCUT2D eigenvalue weighted by molar-refractivity contribution is 5.73. The Morgan fingerprint density at radius 1 is 1.50 bits per heavy atom. The van der Waals surface area contributed by atoms with Crippen molar-refractivity contribution in [3.8, 4) is 6.07 Å². The van der Waals surface area contributed by atoms with Gasteiger partial charge >= 0.3 is 0 Å². The van der Waals surface area contributed by atoms with Crippen molar-refractivity contribution in [3.63, 3.8) is 0 Å². The quantitative estimate of drug-likeness (QED) is 0.687. The molecule has 90 valence electrons. The molecule has 0 heterocycles. The lowest BCUT2D eigenvalue weighted by Crippen LogP contribution is -2.47. The molecule has 4 nitrogen and oxygen atoms in total. The fourth-order valence-corrected chi connectivity index (χ4v) is 2.43. The molecule has 0 aromatic heterocycles. The van der Waals surface area contributed by atoms with E-state index in [1.807, 2.05) is 0 Å². The zero-order chi connectivity index (χ0) is 12.0. The summed E-state index contributed by atoms with van der Waals surface area (Å²) in [4.78, 5) is 13.4. The van der Waals surface area contributed by atoms with Gasteiger partial charge in [0, 0.05) is 20.1 Å². The monoisotopic (exact) mass is 224 g/mol. The minimum absolute atomic E-state index is 0.00833. The van der Waals surface area contributed by atoms with Gasteiger partial charge in [0.1, 0.15) is 6.23 Å². The third-order valence-electron chi connectivity index (χ3n) is 3.18. The Morgan fingerprint density at radius 3 is 2.56 bits per heavy atom. The van der Waals surface area contributed by atoms with Crippen molar-refractivity contribution < 1.29 is 9.53 Å². The molecule has 0 N–H and O–H groups in total. The largest absolute Gasteiger partial charge is 0.360 e. The van der Waals surface area contributed by atoms with E-state index in [-0.39, 0.29) is 24.6 Å². The third kappa shape index (κ3) is 3.21. The van der Waals surface area contributed by atoms with Crippen LogP contribution >= 0.6 is 0 Å². The average Bonchev–Trinajstić information content (AvgIpc) is 2.29. The lowest BCUT2D eigenvalue weighted by Gasteiger charge is -2.37. The van der Waals surface area contributed by atoms with Gasteiger partial charge in [0.05, 0.1) is 12.5 Å². The van der Waals surface area contributed by atoms with Crippen LogP contribution in [0.3, 0.4) is 0 Å². The number of carbonyl (C=O) groups is 1. The molecule has 1 fully saturated rings. The van der Waals surface area contributed by atoms with E-state index in [0.717, 1.165) is 25.7 Å². The summed E-state index contributed by atoms with van der Waals surface area (Å²) in [6, 6.07) is 2.33. The second-order valence-electron chi connectivity index (χ2n) is 4.27. The second kappa shape index (κ2) is 6.49. The Kier molecular flexibility index (Phi) is 5.27. The van der Waals surface area contributed by atoms with Crippen molar-refractivity contribution in [1.82, 2.24) is 4.90 Å². The number of ether oxygens (including phenoxy) is 1. The first kappa shape index (κ1) is 13.0. The molecular formula is C12H20N2O2. The van der Waals surface area contributed by atoms with Crippen LogP contribution in [0.5, 0.6) is 0 Å². The van der Waals surface area contributed by atoms with Crippen LogP contribution in [0.1, 0.15) is 45.4 Å². The maximum absolute atomic E-state index is 11.7. The van der Waals surface area contributed by atoms with Gasteiger partial charge in [-0.15, -0.1) is 0 Å². The minimum atomic E-state index is -0.384. The van der Waals surface area contributed by atoms with Crippen LogP contribution in [0.15, 0.2) is 0 Å². The Balaban J connectivity index is 2.71. The highest BCUT2D eigenvalue weighted by Gasteiger charge is 2.29. The standard InChI is InChI=1S/C12H20N2O2/c1-10(15)14(12(16-2)8-9-13)11-6-4-3-5-7-11/h11-12H,3-8H2,1-2H3. The SMILES string of the molecule is COC(CC#N)N(C(C)=O)C1CCCCC1. The molecule has 16 heavy (non-hydrogen) atoms. The van der Waals surface area contributed by atoms with E-state index in [9.17, 15) is 4.79 Å². The molecule has 0 radical (unpaired) electrons. The van der Waals surface area contributed by atoms with Crippen LogP contribution in [0.4, 0.5) is 0 Å². The van der Waals surface area contributed by atoms with Gasteiger partial charge in [-0.1, -0.05) is 19.3 Å². The van der Waals surface area contributed by atoms with Crippen molar-refractivity contribution >= 4 is 5.91 Å². The molecule has 0 aliphatic heterocycles. The molecule has 1 unspecified atom stereocenters. The van der Waals surface area contributed by atoms with Gasteiger partial charge in [-0.05, 0) is 12.8 Å². The van der Waals surface area contributed by atoms with E-state index in [1.54, 1.807) is 18.9 Å². The molecule has 1 aliphatic carbocycles. The second-order valence-corrected chi connectivity index (χ2v) is 4.27. The predicted molar refractivity (Wildman–Crippen MR) is 60.4 cm³/mol. The first-order valence-corrected chi connectivity index (χ1v) is 5.89. The van der Waals surface area contributed by atoms with Crippen LogP contribution < -0.4 is 0 Å². The Hall–Kier alpha value is -1.08. The lowest BCUT2D eigenvalue weighted by atomic mass is 9.94. The molecule has 0 aromatic rings. The van der Waals surface area contributed by atoms with Gasteiger partial charge in [-0.3, -0.25) is 4.79 Å². The molecule has 0 spiro atoms. The van der Waals surface area contributed by atoms with Crippen LogP contribution in [-0.4, -0.2) is 30.2 Å². The van der Waals surface area contributed by atoms with Crippen LogP contribution in [0.2, 0.25) is 0 Å². The zero-order valence-electron chi connectivity index (χ0n) is 10.1. The van der Waals surface area contributed by atoms with Crippen LogP contribution in [0, 0.1) is 11.3 Å². The summed E-state index contributed by atoms with van der Waals surface area (Å²) < 4.78 is 5.25.